The van der Waals surface area contributed by atoms with E-state index in [1.54, 1.807) is 0 Å². The summed E-state index contributed by atoms with van der Waals surface area (Å²) in [6.07, 6.45) is 3.80. The van der Waals surface area contributed by atoms with Crippen molar-refractivity contribution in [1.29, 1.82) is 0 Å². The van der Waals surface area contributed by atoms with Gasteiger partial charge in [-0.2, -0.15) is 0 Å². The van der Waals surface area contributed by atoms with Crippen LogP contribution in [0.5, 0.6) is 0 Å². The van der Waals surface area contributed by atoms with Crippen LogP contribution in [0, 0.1) is 5.41 Å². The minimum atomic E-state index is -0.395. The first-order chi connectivity index (χ1) is 8.62. The molecule has 18 heavy (non-hydrogen) atoms. The fourth-order valence-corrected chi connectivity index (χ4v) is 2.18. The summed E-state index contributed by atoms with van der Waals surface area (Å²) >= 11 is 0. The molecule has 0 aromatic heterocycles. The van der Waals surface area contributed by atoms with Crippen LogP contribution in [-0.2, 0) is 16.0 Å². The Bertz CT molecular complexity index is 359. The lowest BCUT2D eigenvalue weighted by molar-refractivity contribution is -0.154. The molecule has 0 aliphatic carbocycles. The molecule has 2 heteroatoms. The molecular formula is C16H24O2. The first kappa shape index (κ1) is 14.7. The monoisotopic (exact) mass is 248 g/mol. The minimum Gasteiger partial charge on any atom is -0.466 e. The van der Waals surface area contributed by atoms with Gasteiger partial charge in [-0.1, -0.05) is 50.1 Å². The van der Waals surface area contributed by atoms with Crippen LogP contribution >= 0.6 is 0 Å². The molecule has 1 aromatic carbocycles. The fourth-order valence-electron chi connectivity index (χ4n) is 2.18. The number of rotatable bonds is 7. The van der Waals surface area contributed by atoms with E-state index >= 15 is 0 Å². The van der Waals surface area contributed by atoms with Crippen molar-refractivity contribution in [3.8, 4) is 0 Å². The second-order valence-corrected chi connectivity index (χ2v) is 5.05. The molecule has 0 bridgehead atoms. The molecule has 0 saturated carbocycles. The summed E-state index contributed by atoms with van der Waals surface area (Å²) in [5.41, 5.74) is 0.803. The second-order valence-electron chi connectivity index (χ2n) is 5.05. The van der Waals surface area contributed by atoms with Crippen LogP contribution < -0.4 is 0 Å². The van der Waals surface area contributed by atoms with Crippen molar-refractivity contribution in [3.05, 3.63) is 35.9 Å². The summed E-state index contributed by atoms with van der Waals surface area (Å²) in [4.78, 5) is 12.2. The van der Waals surface area contributed by atoms with Crippen molar-refractivity contribution in [1.82, 2.24) is 0 Å². The largest absolute Gasteiger partial charge is 0.466 e. The zero-order valence-corrected chi connectivity index (χ0v) is 11.7. The number of hydrogen-bond donors (Lipinski definition) is 0. The highest BCUT2D eigenvalue weighted by Crippen LogP contribution is 2.30. The van der Waals surface area contributed by atoms with Gasteiger partial charge in [-0.05, 0) is 32.3 Å². The molecular weight excluding hydrogens is 224 g/mol. The maximum Gasteiger partial charge on any atom is 0.312 e. The Morgan fingerprint density at radius 3 is 2.44 bits per heavy atom. The molecule has 0 heterocycles. The van der Waals surface area contributed by atoms with Crippen LogP contribution in [0.25, 0.3) is 0 Å². The Morgan fingerprint density at radius 2 is 1.89 bits per heavy atom. The van der Waals surface area contributed by atoms with Crippen LogP contribution in [-0.4, -0.2) is 12.6 Å². The predicted octanol–water partition coefficient (Wildman–Crippen LogP) is 3.99. The molecule has 1 rings (SSSR count). The molecule has 0 saturated heterocycles. The number of unbranched alkanes of at least 4 members (excludes halogenated alkanes) is 1. The number of esters is 1. The molecule has 1 atom stereocenters. The van der Waals surface area contributed by atoms with Gasteiger partial charge in [0.05, 0.1) is 12.0 Å². The summed E-state index contributed by atoms with van der Waals surface area (Å²) in [6.45, 7) is 6.48. The number of hydrogen-bond acceptors (Lipinski definition) is 2. The van der Waals surface area contributed by atoms with E-state index in [2.05, 4.69) is 19.1 Å². The molecule has 0 N–H and O–H groups in total. The average molecular weight is 248 g/mol. The number of ether oxygens (including phenoxy) is 1. The van der Waals surface area contributed by atoms with Gasteiger partial charge in [0, 0.05) is 0 Å². The van der Waals surface area contributed by atoms with E-state index in [9.17, 15) is 4.79 Å². The van der Waals surface area contributed by atoms with Gasteiger partial charge in [0.1, 0.15) is 0 Å². The molecule has 1 unspecified atom stereocenters. The summed E-state index contributed by atoms with van der Waals surface area (Å²) in [6, 6.07) is 10.2. The van der Waals surface area contributed by atoms with Crippen molar-refractivity contribution in [2.45, 2.75) is 46.5 Å². The van der Waals surface area contributed by atoms with E-state index in [-0.39, 0.29) is 5.97 Å². The van der Waals surface area contributed by atoms with Crippen LogP contribution in [0.1, 0.15) is 45.6 Å². The standard InChI is InChI=1S/C16H24O2/c1-4-6-12-16(3,15(17)18-5-2)13-14-10-8-7-9-11-14/h7-11H,4-6,12-13H2,1-3H3. The number of carbonyl (C=O) groups is 1. The number of benzene rings is 1. The highest BCUT2D eigenvalue weighted by molar-refractivity contribution is 5.76. The van der Waals surface area contributed by atoms with Gasteiger partial charge in [-0.3, -0.25) is 4.79 Å². The van der Waals surface area contributed by atoms with E-state index in [1.165, 1.54) is 5.56 Å². The third kappa shape index (κ3) is 4.17. The van der Waals surface area contributed by atoms with Crippen molar-refractivity contribution < 1.29 is 9.53 Å². The third-order valence-corrected chi connectivity index (χ3v) is 3.29. The lowest BCUT2D eigenvalue weighted by atomic mass is 9.79. The fraction of sp³-hybridized carbons (Fsp3) is 0.562. The van der Waals surface area contributed by atoms with E-state index in [4.69, 9.17) is 4.74 Å². The Hall–Kier alpha value is -1.31. The molecule has 0 spiro atoms. The molecule has 2 nitrogen and oxygen atoms in total. The van der Waals surface area contributed by atoms with E-state index in [1.807, 2.05) is 32.0 Å². The Labute approximate surface area is 110 Å². The minimum absolute atomic E-state index is 0.0673. The molecule has 0 aliphatic heterocycles. The molecule has 0 radical (unpaired) electrons. The van der Waals surface area contributed by atoms with Crippen LogP contribution in [0.2, 0.25) is 0 Å². The summed E-state index contributed by atoms with van der Waals surface area (Å²) < 4.78 is 5.24. The van der Waals surface area contributed by atoms with E-state index in [0.717, 1.165) is 25.7 Å². The lowest BCUT2D eigenvalue weighted by Gasteiger charge is -2.27. The Kier molecular flexibility index (Phi) is 5.90. The van der Waals surface area contributed by atoms with Crippen LogP contribution in [0.4, 0.5) is 0 Å². The van der Waals surface area contributed by atoms with Crippen molar-refractivity contribution in [2.75, 3.05) is 6.61 Å². The Balaban J connectivity index is 2.80. The van der Waals surface area contributed by atoms with Gasteiger partial charge < -0.3 is 4.74 Å². The Morgan fingerprint density at radius 1 is 1.22 bits per heavy atom. The zero-order chi connectivity index (χ0) is 13.4. The molecule has 1 aromatic rings. The molecule has 0 aliphatic rings. The highest BCUT2D eigenvalue weighted by Gasteiger charge is 2.34. The van der Waals surface area contributed by atoms with Gasteiger partial charge >= 0.3 is 5.97 Å². The maximum atomic E-state index is 12.2. The lowest BCUT2D eigenvalue weighted by Crippen LogP contribution is -2.32. The van der Waals surface area contributed by atoms with E-state index < -0.39 is 5.41 Å². The molecule has 0 amide bonds. The predicted molar refractivity (Wildman–Crippen MR) is 74.4 cm³/mol. The summed E-state index contributed by atoms with van der Waals surface area (Å²) in [5.74, 6) is -0.0673. The summed E-state index contributed by atoms with van der Waals surface area (Å²) in [7, 11) is 0. The zero-order valence-electron chi connectivity index (χ0n) is 11.7. The summed E-state index contributed by atoms with van der Waals surface area (Å²) in [5, 5.41) is 0. The number of carbonyl (C=O) groups excluding carboxylic acids is 1. The highest BCUT2D eigenvalue weighted by atomic mass is 16.5. The SMILES string of the molecule is CCCCC(C)(Cc1ccccc1)C(=O)OCC. The van der Waals surface area contributed by atoms with Crippen molar-refractivity contribution in [3.63, 3.8) is 0 Å². The normalized spacial score (nSPS) is 13.9. The van der Waals surface area contributed by atoms with Gasteiger partial charge in [0.15, 0.2) is 0 Å². The smallest absolute Gasteiger partial charge is 0.312 e. The van der Waals surface area contributed by atoms with Crippen molar-refractivity contribution in [2.24, 2.45) is 5.41 Å². The van der Waals surface area contributed by atoms with E-state index in [0.29, 0.717) is 6.61 Å². The second kappa shape index (κ2) is 7.20. The third-order valence-electron chi connectivity index (χ3n) is 3.29. The van der Waals surface area contributed by atoms with Gasteiger partial charge in [-0.15, -0.1) is 0 Å². The quantitative estimate of drug-likeness (QED) is 0.682. The average Bonchev–Trinajstić information content (AvgIpc) is 2.38. The molecule has 100 valence electrons. The van der Waals surface area contributed by atoms with Crippen LogP contribution in [0.3, 0.4) is 0 Å². The van der Waals surface area contributed by atoms with Gasteiger partial charge in [0.2, 0.25) is 0 Å². The van der Waals surface area contributed by atoms with Gasteiger partial charge in [-0.25, -0.2) is 0 Å². The topological polar surface area (TPSA) is 26.3 Å². The van der Waals surface area contributed by atoms with Crippen LogP contribution in [0.15, 0.2) is 30.3 Å². The first-order valence-electron chi connectivity index (χ1n) is 6.83. The van der Waals surface area contributed by atoms with Crippen molar-refractivity contribution >= 4 is 5.97 Å². The maximum absolute atomic E-state index is 12.2. The first-order valence-corrected chi connectivity index (χ1v) is 6.83. The van der Waals surface area contributed by atoms with Gasteiger partial charge in [0.25, 0.3) is 0 Å². The molecule has 0 fully saturated rings.